The van der Waals surface area contributed by atoms with Gasteiger partial charge in [0.15, 0.2) is 75.5 Å². The van der Waals surface area contributed by atoms with Crippen molar-refractivity contribution < 1.29 is 98.9 Å². The number of rotatable bonds is 12. The number of fused-ring (bicyclic) bond motifs is 3. The van der Waals surface area contributed by atoms with E-state index in [1.165, 1.54) is 105 Å². The van der Waals surface area contributed by atoms with Gasteiger partial charge in [0.2, 0.25) is 5.79 Å². The number of aliphatic hydroxyl groups is 6. The number of benzene rings is 5. The molecule has 7 spiro atoms. The number of aliphatic hydroxyl groups excluding tert-OH is 1. The summed E-state index contributed by atoms with van der Waals surface area (Å²) >= 11 is 0. The van der Waals surface area contributed by atoms with E-state index in [0.717, 1.165) is 218 Å². The minimum Gasteiger partial charge on any atom is -0.504 e. The number of methoxy groups -OCH3 is 1. The van der Waals surface area contributed by atoms with E-state index in [1.54, 1.807) is 24.3 Å². The standard InChI is InChI=1S/C29H41NO4.C22H27NO5.C21H27NO4.C21H25NO3.C20H23NO4/c1-25(2,3)26(4,32)20-15-27-10-11-29(20,33-5)24-28(27)12-13-30(16-17-6-7-17)21(27)14-18-8-9-19(31)23(34-24)22(18)28;24-15-4-3-14-11-16-21(25)5-6-22(26-9-10-27-22)19-20(21,17(14)18(15)28-19)7-8-23(16)12-13-1-2-13;23-14-5-4-13-10-16-21(25)7-6-15(24)19-20(21,17(13)18(14)26-19)8-9-22(16)11-12-2-1-3-12;1-12-6-7-21(24)16-10-14-4-5-15(23)18-17(14)20(21,19(12)25-18)8-9-22(16)11-13-2-3-13;22-13-4-3-12-9-15-20(24)6-5-14(23)18-19(20,16(12)17(13)25-18)7-8-21(15)10-11-1-2-11/h8-9,17,20-21,24,31-32H,6-7,10-16H2,1-5H3;3-4,13,16,19,24-25H,1-2,5-12H2;4-5,12,15-16,19,23-25H,1-3,6-11H2;4-5,13,16,19,23-24H,1-3,6-11H2;3-4,11,15,18,22,24H,1-2,5-10H2/t20-,21?,24-,26?,27-,28+,29-;16-,19-,20+,21-;15?,16-,19+,20+,21-;16-,19+,20+,21-;15-,18+,19+,20-/m11111/s1. The van der Waals surface area contributed by atoms with Crippen LogP contribution in [0.25, 0.3) is 0 Å². The Balaban J connectivity index is 0.0000000854. The zero-order chi connectivity index (χ0) is 94.2. The average molecular weight is 1890 g/mol. The summed E-state index contributed by atoms with van der Waals surface area (Å²) in [4.78, 5) is 25.6. The monoisotopic (exact) mass is 1890 g/mol. The fourth-order valence-corrected chi connectivity index (χ4v) is 36.3. The number of ketones is 1. The number of nitrogens with zero attached hydrogens (tertiary/aromatic N) is 5. The number of Topliss-reactive ketones (excluding diaryl/α,β-unsaturated/α-hetero) is 1. The maximum atomic E-state index is 12.7. The lowest BCUT2D eigenvalue weighted by Gasteiger charge is -2.75. The van der Waals surface area contributed by atoms with Crippen LogP contribution in [0.5, 0.6) is 57.5 Å². The number of carbonyl (C=O) groups excluding carboxylic acids is 1. The molecule has 0 radical (unpaired) electrons. The summed E-state index contributed by atoms with van der Waals surface area (Å²) in [5, 5.41) is 124. The second-order valence-corrected chi connectivity index (χ2v) is 50.4. The molecular formula is C113H143N5O20. The Bertz CT molecular complexity index is 5800. The quantitative estimate of drug-likeness (QED) is 0.0517. The third-order valence-electron chi connectivity index (χ3n) is 43.9. The molecule has 12 bridgehead atoms. The molecular weight excluding hydrogens is 1750 g/mol. The summed E-state index contributed by atoms with van der Waals surface area (Å²) in [6.45, 7) is 24.3. The molecule has 5 aromatic carbocycles. The number of hydrogen-bond acceptors (Lipinski definition) is 25. The van der Waals surface area contributed by atoms with Crippen molar-refractivity contribution in [3.05, 3.63) is 128 Å². The zero-order valence-electron chi connectivity index (χ0n) is 81.2. The lowest BCUT2D eigenvalue weighted by molar-refractivity contribution is -0.312. The highest BCUT2D eigenvalue weighted by molar-refractivity contribution is 5.90. The van der Waals surface area contributed by atoms with Gasteiger partial charge in [0, 0.05) is 127 Å². The lowest BCUT2D eigenvalue weighted by Crippen LogP contribution is -2.83. The van der Waals surface area contributed by atoms with Crippen molar-refractivity contribution in [2.45, 2.75) is 366 Å². The number of hydrogen-bond donors (Lipinski definition) is 11. The third-order valence-corrected chi connectivity index (χ3v) is 43.9. The van der Waals surface area contributed by atoms with Crippen LogP contribution in [0.15, 0.2) is 72.8 Å². The van der Waals surface area contributed by atoms with Crippen molar-refractivity contribution in [3.8, 4) is 57.5 Å². The summed E-state index contributed by atoms with van der Waals surface area (Å²) in [5.41, 5.74) is 4.95. The largest absolute Gasteiger partial charge is 0.504 e. The van der Waals surface area contributed by atoms with Gasteiger partial charge in [-0.15, -0.1) is 0 Å². The average Bonchev–Trinajstić information content (AvgIpc) is 0.868. The van der Waals surface area contributed by atoms with Gasteiger partial charge in [0.05, 0.1) is 69.0 Å². The molecule has 11 N–H and O–H groups in total. The topological polar surface area (TPSA) is 330 Å². The fraction of sp³-hybridized carbons (Fsp3) is 0.708. The molecule has 11 aliphatic heterocycles. The van der Waals surface area contributed by atoms with Gasteiger partial charge in [0.1, 0.15) is 23.9 Å². The predicted molar refractivity (Wildman–Crippen MR) is 509 cm³/mol. The van der Waals surface area contributed by atoms with E-state index in [1.807, 2.05) is 44.4 Å². The molecule has 25 nitrogen and oxygen atoms in total. The number of phenolic OH excluding ortho intramolecular Hbond substituents is 5. The summed E-state index contributed by atoms with van der Waals surface area (Å²) in [6, 6.07) is 19.8. The molecule has 12 saturated carbocycles. The van der Waals surface area contributed by atoms with Crippen molar-refractivity contribution >= 4 is 5.78 Å². The normalized spacial score (nSPS) is 42.6. The zero-order valence-corrected chi connectivity index (χ0v) is 81.2. The summed E-state index contributed by atoms with van der Waals surface area (Å²) in [7, 11) is 1.83. The molecule has 5 aromatic rings. The van der Waals surface area contributed by atoms with Crippen LogP contribution in [0.3, 0.4) is 0 Å². The SMILES string of the molecule is C=C1CC[C@@]2(O)[C@H]3Cc4ccc(O)c5c4[C@@]2(CCN3CC2CC2)[C@H]1O5.CO[C@]12CC[C@@]3(C[C@@H]1C(C)(O)C(C)(C)C)C1Cc4ccc(O)c5c4[C@@]3(CCN1CC1CC1)[C@H]2O5.O=C1CC[C@@]2(O)[C@H]3Cc4ccc(O)c5c4[C@@]2(CCN3CC2CC2)[C@H]1O5.Oc1ccc2c3c1O[C@H]1C(O)CC[C@@]4(O)[C@@H](C2)N(CC2CCC2)CC[C@]314.Oc1ccc2c3c1O[C@H]1C4(CC[C@@]5(O)[C@@H](C2)N(CC2CC2)CC[C@]315)OCCO4. The molecule has 28 aliphatic rings. The van der Waals surface area contributed by atoms with E-state index in [-0.39, 0.29) is 93.1 Å². The molecule has 25 heteroatoms. The van der Waals surface area contributed by atoms with Crippen LogP contribution >= 0.6 is 0 Å². The van der Waals surface area contributed by atoms with Crippen LogP contribution in [0, 0.1) is 46.3 Å². The Morgan fingerprint density at radius 2 is 0.783 bits per heavy atom. The minimum absolute atomic E-state index is 0.0294. The molecule has 24 atom stereocenters. The molecule has 11 heterocycles. The summed E-state index contributed by atoms with van der Waals surface area (Å²) in [5.74, 6) is 6.95. The highest BCUT2D eigenvalue weighted by atomic mass is 16.8. The minimum atomic E-state index is -0.940. The number of piperidine rings is 5. The first kappa shape index (κ1) is 88.6. The highest BCUT2D eigenvalue weighted by Gasteiger charge is 2.85. The van der Waals surface area contributed by atoms with Crippen LogP contribution in [-0.2, 0) is 78.2 Å². The van der Waals surface area contributed by atoms with Crippen LogP contribution in [0.2, 0.25) is 0 Å². The van der Waals surface area contributed by atoms with Gasteiger partial charge in [-0.3, -0.25) is 29.3 Å². The van der Waals surface area contributed by atoms with Crippen LogP contribution in [-0.4, -0.2) is 278 Å². The maximum Gasteiger partial charge on any atom is 0.207 e. The van der Waals surface area contributed by atoms with Crippen molar-refractivity contribution in [2.24, 2.45) is 46.3 Å². The van der Waals surface area contributed by atoms with E-state index in [4.69, 9.17) is 37.9 Å². The van der Waals surface area contributed by atoms with E-state index in [9.17, 15) is 61.0 Å². The Labute approximate surface area is 809 Å². The molecule has 138 heavy (non-hydrogen) atoms. The lowest BCUT2D eigenvalue weighted by atomic mass is 9.33. The molecule has 17 aliphatic carbocycles. The van der Waals surface area contributed by atoms with Crippen molar-refractivity contribution in [2.75, 3.05) is 85.8 Å². The maximum absolute atomic E-state index is 12.7. The molecule has 6 saturated heterocycles. The molecule has 0 aromatic heterocycles. The molecule has 3 unspecified atom stereocenters. The van der Waals surface area contributed by atoms with Gasteiger partial charge in [-0.25, -0.2) is 0 Å². The molecule has 740 valence electrons. The van der Waals surface area contributed by atoms with E-state index in [2.05, 4.69) is 57.9 Å². The third kappa shape index (κ3) is 11.2. The van der Waals surface area contributed by atoms with E-state index < -0.39 is 85.5 Å². The summed E-state index contributed by atoms with van der Waals surface area (Å²) in [6.07, 6.45) is 28.6. The molecule has 33 rings (SSSR count). The predicted octanol–water partition coefficient (Wildman–Crippen LogP) is 11.9. The first-order valence-electron chi connectivity index (χ1n) is 53.9. The van der Waals surface area contributed by atoms with Crippen molar-refractivity contribution in [1.82, 2.24) is 24.5 Å². The first-order chi connectivity index (χ1) is 66.2. The van der Waals surface area contributed by atoms with E-state index >= 15 is 0 Å². The van der Waals surface area contributed by atoms with Gasteiger partial charge >= 0.3 is 0 Å². The number of phenols is 5. The summed E-state index contributed by atoms with van der Waals surface area (Å²) < 4.78 is 50.7. The molecule has 18 fully saturated rings. The van der Waals surface area contributed by atoms with Crippen LogP contribution in [0.4, 0.5) is 0 Å². The second kappa shape index (κ2) is 29.4. The van der Waals surface area contributed by atoms with Crippen molar-refractivity contribution in [1.29, 1.82) is 0 Å². The number of aromatic hydroxyl groups is 5. The Morgan fingerprint density at radius 1 is 0.406 bits per heavy atom. The van der Waals surface area contributed by atoms with Crippen molar-refractivity contribution in [3.63, 3.8) is 0 Å². The Morgan fingerprint density at radius 3 is 1.25 bits per heavy atom. The Kier molecular flexibility index (Phi) is 18.9. The van der Waals surface area contributed by atoms with Gasteiger partial charge in [-0.05, 0) is 325 Å². The molecule has 0 amide bonds. The highest BCUT2D eigenvalue weighted by Crippen LogP contribution is 2.80. The van der Waals surface area contributed by atoms with Gasteiger partial charge in [0.25, 0.3) is 0 Å². The van der Waals surface area contributed by atoms with Gasteiger partial charge < -0.3 is 94.1 Å². The Hall–Kier alpha value is -7.05. The smallest absolute Gasteiger partial charge is 0.207 e. The van der Waals surface area contributed by atoms with E-state index in [0.29, 0.717) is 86.5 Å². The number of ether oxygens (including phenoxy) is 8. The second-order valence-electron chi connectivity index (χ2n) is 50.4. The first-order valence-corrected chi connectivity index (χ1v) is 53.9. The van der Waals surface area contributed by atoms with Crippen LogP contribution in [0.1, 0.15) is 257 Å². The van der Waals surface area contributed by atoms with Gasteiger partial charge in [-0.2, -0.15) is 0 Å². The van der Waals surface area contributed by atoms with Gasteiger partial charge in [-0.1, -0.05) is 64.1 Å². The number of likely N-dealkylation sites (tertiary alicyclic amines) is 5. The van der Waals surface area contributed by atoms with Crippen LogP contribution < -0.4 is 23.7 Å². The number of carbonyl (C=O) groups is 1. The fourth-order valence-electron chi connectivity index (χ4n) is 36.3.